The molecule has 3 aromatic rings. The first-order valence-corrected chi connectivity index (χ1v) is 9.90. The number of carbonyl (C=O) groups is 1. The van der Waals surface area contributed by atoms with Crippen LogP contribution in [0.3, 0.4) is 0 Å². The maximum atomic E-state index is 11.9. The molecular formula is C24H21F3N4O2. The number of allylic oxidation sites excluding steroid dienone is 3. The van der Waals surface area contributed by atoms with Gasteiger partial charge in [0.1, 0.15) is 0 Å². The van der Waals surface area contributed by atoms with E-state index >= 15 is 0 Å². The van der Waals surface area contributed by atoms with Crippen molar-refractivity contribution in [3.63, 3.8) is 0 Å². The van der Waals surface area contributed by atoms with Crippen LogP contribution in [-0.2, 0) is 6.42 Å². The summed E-state index contributed by atoms with van der Waals surface area (Å²) >= 11 is 0. The smallest absolute Gasteiger partial charge is 0.448 e. The summed E-state index contributed by atoms with van der Waals surface area (Å²) in [4.78, 5) is 23.7. The van der Waals surface area contributed by atoms with Crippen molar-refractivity contribution >= 4 is 18.1 Å². The summed E-state index contributed by atoms with van der Waals surface area (Å²) in [5.74, 6) is -1.77. The monoisotopic (exact) mass is 454 g/mol. The standard InChI is InChI=1S/C21H18N4O.C3H3F3O/c26-21-18-13-20(25-19(18)8-11-24-21)16-7-10-23-17(12-16)6-2-1-4-15-5-3-9-22-14-15;1-2(7)3(4,5)6/h1-7,9-10,12-14,25H,8,11H2,(H,24,26);7H,1H2/b4-1+,6-2+;. The maximum Gasteiger partial charge on any atom is 0.448 e. The molecule has 3 N–H and O–H groups in total. The van der Waals surface area contributed by atoms with Crippen LogP contribution in [0.1, 0.15) is 27.3 Å². The van der Waals surface area contributed by atoms with Crippen LogP contribution in [0.2, 0.25) is 0 Å². The normalized spacial score (nSPS) is 13.4. The van der Waals surface area contributed by atoms with E-state index in [1.54, 1.807) is 12.4 Å². The number of aliphatic hydroxyl groups excluding tert-OH is 1. The van der Waals surface area contributed by atoms with E-state index in [1.807, 2.05) is 60.8 Å². The number of halogens is 3. The Morgan fingerprint density at radius 1 is 1.15 bits per heavy atom. The summed E-state index contributed by atoms with van der Waals surface area (Å²) in [6.45, 7) is 2.94. The summed E-state index contributed by atoms with van der Waals surface area (Å²) in [7, 11) is 0. The molecule has 0 aliphatic carbocycles. The topological polar surface area (TPSA) is 90.9 Å². The van der Waals surface area contributed by atoms with Crippen molar-refractivity contribution in [3.05, 3.63) is 95.9 Å². The highest BCUT2D eigenvalue weighted by molar-refractivity contribution is 5.97. The van der Waals surface area contributed by atoms with Gasteiger partial charge in [-0.1, -0.05) is 30.9 Å². The van der Waals surface area contributed by atoms with Crippen molar-refractivity contribution in [1.29, 1.82) is 0 Å². The predicted octanol–water partition coefficient (Wildman–Crippen LogP) is 5.10. The van der Waals surface area contributed by atoms with E-state index < -0.39 is 11.9 Å². The highest BCUT2D eigenvalue weighted by atomic mass is 19.4. The van der Waals surface area contributed by atoms with Crippen LogP contribution in [0.4, 0.5) is 13.2 Å². The number of carbonyl (C=O) groups excluding carboxylic acids is 1. The molecule has 0 saturated heterocycles. The first kappa shape index (κ1) is 23.5. The molecule has 1 aliphatic heterocycles. The molecule has 9 heteroatoms. The van der Waals surface area contributed by atoms with Gasteiger partial charge < -0.3 is 15.4 Å². The highest BCUT2D eigenvalue weighted by Gasteiger charge is 2.31. The molecule has 0 radical (unpaired) electrons. The second-order valence-electron chi connectivity index (χ2n) is 7.00. The van der Waals surface area contributed by atoms with Gasteiger partial charge in [-0.05, 0) is 35.9 Å². The van der Waals surface area contributed by atoms with Crippen LogP contribution in [0.15, 0.2) is 73.4 Å². The average Bonchev–Trinajstić information content (AvgIpc) is 3.23. The lowest BCUT2D eigenvalue weighted by Crippen LogP contribution is -2.31. The number of amides is 1. The van der Waals surface area contributed by atoms with Crippen LogP contribution in [-0.4, -0.2) is 38.7 Å². The van der Waals surface area contributed by atoms with Crippen molar-refractivity contribution in [1.82, 2.24) is 20.3 Å². The molecule has 0 fully saturated rings. The first-order chi connectivity index (χ1) is 15.7. The van der Waals surface area contributed by atoms with E-state index in [-0.39, 0.29) is 5.91 Å². The van der Waals surface area contributed by atoms with Crippen LogP contribution in [0, 0.1) is 0 Å². The van der Waals surface area contributed by atoms with Crippen LogP contribution in [0.25, 0.3) is 23.4 Å². The molecule has 0 saturated carbocycles. The van der Waals surface area contributed by atoms with Gasteiger partial charge in [-0.15, -0.1) is 0 Å². The molecule has 6 nitrogen and oxygen atoms in total. The molecular weight excluding hydrogens is 433 g/mol. The van der Waals surface area contributed by atoms with E-state index in [0.717, 1.165) is 40.2 Å². The minimum absolute atomic E-state index is 0.0107. The van der Waals surface area contributed by atoms with Gasteiger partial charge in [0.05, 0.1) is 11.3 Å². The minimum Gasteiger partial charge on any atom is -0.505 e. The highest BCUT2D eigenvalue weighted by Crippen LogP contribution is 2.24. The van der Waals surface area contributed by atoms with E-state index in [0.29, 0.717) is 6.54 Å². The number of hydrogen-bond acceptors (Lipinski definition) is 4. The molecule has 0 atom stereocenters. The summed E-state index contributed by atoms with van der Waals surface area (Å²) in [6, 6.07) is 9.76. The second kappa shape index (κ2) is 10.4. The summed E-state index contributed by atoms with van der Waals surface area (Å²) in [6.07, 6.45) is 9.39. The number of aliphatic hydroxyl groups is 1. The Kier molecular flexibility index (Phi) is 7.45. The number of H-pyrrole nitrogens is 1. The Morgan fingerprint density at radius 2 is 1.91 bits per heavy atom. The van der Waals surface area contributed by atoms with Crippen molar-refractivity contribution in [2.45, 2.75) is 12.6 Å². The van der Waals surface area contributed by atoms with Gasteiger partial charge in [-0.25, -0.2) is 0 Å². The Bertz CT molecular complexity index is 1180. The molecule has 1 aliphatic rings. The summed E-state index contributed by atoms with van der Waals surface area (Å²) in [5.41, 5.74) is 5.59. The molecule has 170 valence electrons. The number of hydrogen-bond donors (Lipinski definition) is 3. The van der Waals surface area contributed by atoms with Crippen LogP contribution in [0.5, 0.6) is 0 Å². The molecule has 0 aromatic carbocycles. The molecule has 4 rings (SSSR count). The van der Waals surface area contributed by atoms with Crippen LogP contribution >= 0.6 is 0 Å². The van der Waals surface area contributed by atoms with Crippen molar-refractivity contribution < 1.29 is 23.1 Å². The van der Waals surface area contributed by atoms with Gasteiger partial charge in [-0.2, -0.15) is 13.2 Å². The Balaban J connectivity index is 0.000000383. The number of nitrogens with zero attached hydrogens (tertiary/aromatic N) is 2. The van der Waals surface area contributed by atoms with Gasteiger partial charge in [0, 0.05) is 48.5 Å². The number of alkyl halides is 3. The number of aromatic nitrogens is 3. The molecule has 4 heterocycles. The zero-order valence-corrected chi connectivity index (χ0v) is 17.4. The van der Waals surface area contributed by atoms with Gasteiger partial charge in [-0.3, -0.25) is 14.8 Å². The number of aromatic amines is 1. The number of pyridine rings is 2. The zero-order valence-electron chi connectivity index (χ0n) is 17.4. The predicted molar refractivity (Wildman–Crippen MR) is 120 cm³/mol. The lowest BCUT2D eigenvalue weighted by Gasteiger charge is -2.10. The van der Waals surface area contributed by atoms with Crippen molar-refractivity contribution in [2.24, 2.45) is 0 Å². The van der Waals surface area contributed by atoms with Gasteiger partial charge in [0.2, 0.25) is 0 Å². The molecule has 33 heavy (non-hydrogen) atoms. The molecule has 0 spiro atoms. The van der Waals surface area contributed by atoms with E-state index in [2.05, 4.69) is 26.8 Å². The van der Waals surface area contributed by atoms with E-state index in [1.165, 1.54) is 0 Å². The number of nitrogens with one attached hydrogen (secondary N) is 2. The zero-order chi connectivity index (χ0) is 23.8. The fourth-order valence-corrected chi connectivity index (χ4v) is 2.95. The maximum absolute atomic E-state index is 11.9. The third-order valence-corrected chi connectivity index (χ3v) is 4.58. The quantitative estimate of drug-likeness (QED) is 0.378. The van der Waals surface area contributed by atoms with Crippen LogP contribution < -0.4 is 5.32 Å². The van der Waals surface area contributed by atoms with E-state index in [9.17, 15) is 18.0 Å². The average molecular weight is 454 g/mol. The largest absolute Gasteiger partial charge is 0.505 e. The third kappa shape index (κ3) is 6.67. The Labute approximate surface area is 188 Å². The number of fused-ring (bicyclic) bond motifs is 1. The Morgan fingerprint density at radius 3 is 2.58 bits per heavy atom. The first-order valence-electron chi connectivity index (χ1n) is 9.90. The van der Waals surface area contributed by atoms with Gasteiger partial charge in [0.15, 0.2) is 5.76 Å². The fraction of sp³-hybridized carbons (Fsp3) is 0.125. The van der Waals surface area contributed by atoms with Crippen molar-refractivity contribution in [2.75, 3.05) is 6.54 Å². The fourth-order valence-electron chi connectivity index (χ4n) is 2.95. The van der Waals surface area contributed by atoms with E-state index in [4.69, 9.17) is 5.11 Å². The second-order valence-corrected chi connectivity index (χ2v) is 7.00. The summed E-state index contributed by atoms with van der Waals surface area (Å²) < 4.78 is 32.5. The lowest BCUT2D eigenvalue weighted by molar-refractivity contribution is -0.119. The SMILES string of the molecule is C=C(O)C(F)(F)F.O=C1NCCc2[nH]c(-c3ccnc(/C=C/C=C/c4cccnc4)c3)cc21. The van der Waals surface area contributed by atoms with Gasteiger partial charge in [0.25, 0.3) is 5.91 Å². The Hall–Kier alpha value is -4.14. The van der Waals surface area contributed by atoms with Gasteiger partial charge >= 0.3 is 6.18 Å². The summed E-state index contributed by atoms with van der Waals surface area (Å²) in [5, 5.41) is 10.4. The lowest BCUT2D eigenvalue weighted by atomic mass is 10.1. The van der Waals surface area contributed by atoms with Crippen molar-refractivity contribution in [3.8, 4) is 11.3 Å². The molecule has 0 unspecified atom stereocenters. The molecule has 3 aromatic heterocycles. The molecule has 1 amide bonds. The molecule has 0 bridgehead atoms. The number of rotatable bonds is 4. The third-order valence-electron chi connectivity index (χ3n) is 4.58. The minimum atomic E-state index is -4.64.